The fraction of sp³-hybridized carbons (Fsp3) is 0.527. The predicted molar refractivity (Wildman–Crippen MR) is 275 cm³/mol. The number of carbonyl (C=O) groups is 8. The number of carboxylic acids is 2. The predicted octanol–water partition coefficient (Wildman–Crippen LogP) is 4.64. The van der Waals surface area contributed by atoms with Gasteiger partial charge in [0.2, 0.25) is 23.6 Å². The number of ketones is 2. The van der Waals surface area contributed by atoms with Crippen LogP contribution in [0.25, 0.3) is 0 Å². The van der Waals surface area contributed by atoms with Crippen LogP contribution in [0.1, 0.15) is 123 Å². The van der Waals surface area contributed by atoms with E-state index in [1.807, 2.05) is 112 Å². The standard InChI is InChI=1S/C40H52N2O6.C15H27N3O7/c1-7-28(2)23-24-41-37(45)30(25-34(43)27-35(38(46)47)29(3)48-39(4,5)6)26-36(44)42-40(31-17-11-8-12-18-31,32-19-13-9-14-20-32)33-21-15-10-16-22-33;1-8(20)12(15(24)25)6-11(21)4-9(5-13(17)22)14(23)18-3-2-10(16)7-19/h8-22,28-30,35H,7,23-27H2,1-6H3,(H,41,45)(H,42,44)(H,46,47);8-10,12,19-20H,2-7,16H2,1H3,(H2,17,22)(H,18,23)(H,24,25)/t28-,29?,30-,35-;8?,9-,10+,12-/m00/s1. The molecule has 0 bridgehead atoms. The minimum absolute atomic E-state index is 0.148. The lowest BCUT2D eigenvalue weighted by atomic mass is 9.76. The second kappa shape index (κ2) is 31.3. The highest BCUT2D eigenvalue weighted by atomic mass is 16.5. The lowest BCUT2D eigenvalue weighted by molar-refractivity contribution is -0.155. The third-order valence-corrected chi connectivity index (χ3v) is 12.4. The Kier molecular flexibility index (Phi) is 26.9. The van der Waals surface area contributed by atoms with Crippen LogP contribution in [0, 0.1) is 29.6 Å². The van der Waals surface area contributed by atoms with Gasteiger partial charge in [0.15, 0.2) is 0 Å². The molecule has 0 fully saturated rings. The summed E-state index contributed by atoms with van der Waals surface area (Å²) < 4.78 is 5.87. The number of carboxylic acid groups (broad SMARTS) is 2. The number of rotatable bonds is 31. The van der Waals surface area contributed by atoms with Crippen molar-refractivity contribution in [2.24, 2.45) is 41.1 Å². The van der Waals surface area contributed by atoms with E-state index in [0.717, 1.165) is 29.5 Å². The van der Waals surface area contributed by atoms with E-state index >= 15 is 0 Å². The lowest BCUT2D eigenvalue weighted by Crippen LogP contribution is -2.49. The number of carbonyl (C=O) groups excluding carboxylic acids is 6. The quantitative estimate of drug-likeness (QED) is 0.0397. The largest absolute Gasteiger partial charge is 0.481 e. The van der Waals surface area contributed by atoms with Crippen LogP contribution in [-0.2, 0) is 48.6 Å². The zero-order valence-electron chi connectivity index (χ0n) is 43.4. The van der Waals surface area contributed by atoms with E-state index in [-0.39, 0.29) is 45.3 Å². The van der Waals surface area contributed by atoms with Gasteiger partial charge in [0.25, 0.3) is 0 Å². The van der Waals surface area contributed by atoms with E-state index in [1.165, 1.54) is 6.92 Å². The number of nitrogens with two attached hydrogens (primary N) is 2. The van der Waals surface area contributed by atoms with Gasteiger partial charge in [-0.25, -0.2) is 0 Å². The molecule has 18 heteroatoms. The molecule has 3 aromatic carbocycles. The van der Waals surface area contributed by atoms with Gasteiger partial charge >= 0.3 is 11.9 Å². The highest BCUT2D eigenvalue weighted by molar-refractivity contribution is 5.93. The number of amides is 4. The maximum absolute atomic E-state index is 14.2. The fourth-order valence-corrected chi connectivity index (χ4v) is 8.19. The lowest BCUT2D eigenvalue weighted by Gasteiger charge is -2.37. The van der Waals surface area contributed by atoms with Gasteiger partial charge in [0, 0.05) is 57.7 Å². The fourth-order valence-electron chi connectivity index (χ4n) is 8.19. The van der Waals surface area contributed by atoms with Gasteiger partial charge in [-0.3, -0.25) is 38.4 Å². The number of ether oxygens (including phenoxy) is 1. The number of nitrogens with one attached hydrogen (secondary N) is 3. The van der Waals surface area contributed by atoms with E-state index in [1.54, 1.807) is 6.92 Å². The van der Waals surface area contributed by atoms with Crippen molar-refractivity contribution in [3.8, 4) is 0 Å². The Bertz CT molecular complexity index is 2120. The number of primary amides is 1. The van der Waals surface area contributed by atoms with E-state index in [0.29, 0.717) is 18.9 Å². The summed E-state index contributed by atoms with van der Waals surface area (Å²) in [6.07, 6.45) is -1.97. The Balaban J connectivity index is 0.000000617. The Labute approximate surface area is 429 Å². The van der Waals surface area contributed by atoms with Crippen LogP contribution in [0.15, 0.2) is 91.0 Å². The number of aliphatic hydroxyl groups is 2. The molecule has 2 unspecified atom stereocenters. The average molecular weight is 1020 g/mol. The first kappa shape index (κ1) is 62.8. The van der Waals surface area contributed by atoms with Crippen molar-refractivity contribution in [1.82, 2.24) is 16.0 Å². The molecule has 18 nitrogen and oxygen atoms in total. The van der Waals surface area contributed by atoms with Crippen LogP contribution >= 0.6 is 0 Å². The first-order chi connectivity index (χ1) is 34.3. The number of benzene rings is 3. The summed E-state index contributed by atoms with van der Waals surface area (Å²) in [5.41, 5.74) is 11.4. The second-order valence-electron chi connectivity index (χ2n) is 19.7. The molecule has 0 aliphatic rings. The Morgan fingerprint density at radius 2 is 1.03 bits per heavy atom. The normalized spacial score (nSPS) is 14.8. The second-order valence-corrected chi connectivity index (χ2v) is 19.7. The summed E-state index contributed by atoms with van der Waals surface area (Å²) in [6, 6.07) is 28.4. The molecule has 0 aliphatic heterocycles. The summed E-state index contributed by atoms with van der Waals surface area (Å²) in [7, 11) is 0. The van der Waals surface area contributed by atoms with Crippen molar-refractivity contribution < 1.29 is 63.5 Å². The Morgan fingerprint density at radius 1 is 0.616 bits per heavy atom. The molecule has 4 amide bonds. The SMILES string of the molecule is CC(O)[C@H](CC(=O)C[C@@H](CC(N)=O)C(=O)NCC[C@@H](N)CO)C(=O)O.CC[C@H](C)CCNC(=O)[C@@H](CC(=O)C[C@H](C(=O)O)C(C)OC(C)(C)C)CC(=O)NC(c1ccccc1)(c1ccccc1)c1ccccc1. The van der Waals surface area contributed by atoms with Crippen molar-refractivity contribution >= 4 is 47.1 Å². The molecule has 73 heavy (non-hydrogen) atoms. The molecule has 0 heterocycles. The molecule has 3 rings (SSSR count). The molecule has 0 aromatic heterocycles. The number of Topliss-reactive ketones (excluding diaryl/α,β-unsaturated/α-hetero) is 2. The molecule has 3 aromatic rings. The first-order valence-corrected chi connectivity index (χ1v) is 24.9. The number of hydrogen-bond acceptors (Lipinski definition) is 12. The van der Waals surface area contributed by atoms with Crippen LogP contribution in [-0.4, -0.2) is 111 Å². The highest BCUT2D eigenvalue weighted by Crippen LogP contribution is 2.37. The van der Waals surface area contributed by atoms with E-state index in [4.69, 9.17) is 26.4 Å². The summed E-state index contributed by atoms with van der Waals surface area (Å²) in [5, 5.41) is 45.8. The molecular weight excluding hydrogens is 939 g/mol. The van der Waals surface area contributed by atoms with Gasteiger partial charge in [0.1, 0.15) is 17.1 Å². The van der Waals surface area contributed by atoms with Crippen LogP contribution in [0.2, 0.25) is 0 Å². The maximum atomic E-state index is 14.2. The van der Waals surface area contributed by atoms with Gasteiger partial charge in [-0.2, -0.15) is 0 Å². The minimum Gasteiger partial charge on any atom is -0.481 e. The first-order valence-electron chi connectivity index (χ1n) is 24.9. The zero-order valence-corrected chi connectivity index (χ0v) is 43.4. The third kappa shape index (κ3) is 22.1. The van der Waals surface area contributed by atoms with Crippen molar-refractivity contribution in [2.75, 3.05) is 19.7 Å². The van der Waals surface area contributed by atoms with Crippen molar-refractivity contribution in [1.29, 1.82) is 0 Å². The molecule has 0 saturated carbocycles. The summed E-state index contributed by atoms with van der Waals surface area (Å²) in [6.45, 7) is 12.9. The number of hydrogen-bond donors (Lipinski definition) is 9. The van der Waals surface area contributed by atoms with Crippen LogP contribution in [0.3, 0.4) is 0 Å². The maximum Gasteiger partial charge on any atom is 0.309 e. The van der Waals surface area contributed by atoms with Crippen LogP contribution in [0.4, 0.5) is 0 Å². The molecule has 11 N–H and O–H groups in total. The van der Waals surface area contributed by atoms with Crippen LogP contribution in [0.5, 0.6) is 0 Å². The van der Waals surface area contributed by atoms with Crippen molar-refractivity contribution in [3.63, 3.8) is 0 Å². The summed E-state index contributed by atoms with van der Waals surface area (Å²) in [5.74, 6) is -9.63. The molecule has 402 valence electrons. The minimum atomic E-state index is -1.32. The number of aliphatic hydroxyl groups excluding tert-OH is 2. The van der Waals surface area contributed by atoms with Gasteiger partial charge < -0.3 is 52.6 Å². The van der Waals surface area contributed by atoms with Gasteiger partial charge in [0.05, 0.1) is 48.1 Å². The highest BCUT2D eigenvalue weighted by Gasteiger charge is 2.40. The van der Waals surface area contributed by atoms with Gasteiger partial charge in [-0.15, -0.1) is 0 Å². The Morgan fingerprint density at radius 3 is 1.40 bits per heavy atom. The third-order valence-electron chi connectivity index (χ3n) is 12.4. The summed E-state index contributed by atoms with van der Waals surface area (Å²) >= 11 is 0. The molecule has 0 aliphatic carbocycles. The zero-order chi connectivity index (χ0) is 54.9. The molecular formula is C55H79N5O13. The summed E-state index contributed by atoms with van der Waals surface area (Å²) in [4.78, 5) is 99.7. The smallest absolute Gasteiger partial charge is 0.309 e. The monoisotopic (exact) mass is 1020 g/mol. The van der Waals surface area contributed by atoms with E-state index in [2.05, 4.69) is 29.8 Å². The Hall–Kier alpha value is -6.34. The van der Waals surface area contributed by atoms with Crippen LogP contribution < -0.4 is 27.4 Å². The average Bonchev–Trinajstić information content (AvgIpc) is 3.33. The van der Waals surface area contributed by atoms with Gasteiger partial charge in [-0.05, 0) is 70.1 Å². The topological polar surface area (TPSA) is 315 Å². The van der Waals surface area contributed by atoms with Crippen molar-refractivity contribution in [2.45, 2.75) is 136 Å². The number of aliphatic carboxylic acids is 2. The van der Waals surface area contributed by atoms with E-state index in [9.17, 15) is 48.6 Å². The molecule has 0 saturated heterocycles. The van der Waals surface area contributed by atoms with Crippen molar-refractivity contribution in [3.05, 3.63) is 108 Å². The molecule has 0 radical (unpaired) electrons. The van der Waals surface area contributed by atoms with E-state index < -0.39 is 107 Å². The molecule has 0 spiro atoms. The van der Waals surface area contributed by atoms with Gasteiger partial charge in [-0.1, -0.05) is 111 Å². The molecule has 8 atom stereocenters.